The molecule has 11 heteroatoms. The molecule has 0 radical (unpaired) electrons. The van der Waals surface area contributed by atoms with Crippen molar-refractivity contribution in [3.8, 4) is 11.5 Å². The van der Waals surface area contributed by atoms with Crippen LogP contribution < -0.4 is 21.1 Å². The third-order valence-corrected chi connectivity index (χ3v) is 4.62. The van der Waals surface area contributed by atoms with Gasteiger partial charge < -0.3 is 26.5 Å². The first kappa shape index (κ1) is 23.6. The molecule has 5 N–H and O–H groups in total. The van der Waals surface area contributed by atoms with E-state index in [4.69, 9.17) is 27.5 Å². The third-order valence-electron chi connectivity index (χ3n) is 4.24. The predicted octanol–water partition coefficient (Wildman–Crippen LogP) is 5.47. The van der Waals surface area contributed by atoms with Gasteiger partial charge in [0, 0.05) is 35.9 Å². The molecule has 0 aliphatic carbocycles. The minimum absolute atomic E-state index is 0.000450. The molecule has 0 aliphatic heterocycles. The van der Waals surface area contributed by atoms with Gasteiger partial charge in [-0.25, -0.2) is 18.2 Å². The number of nitrogen functional groups attached to an aromatic ring is 1. The van der Waals surface area contributed by atoms with E-state index in [9.17, 15) is 18.0 Å². The Morgan fingerprint density at radius 1 is 1.09 bits per heavy atom. The van der Waals surface area contributed by atoms with E-state index in [1.54, 1.807) is 18.2 Å². The molecule has 0 saturated heterocycles. The van der Waals surface area contributed by atoms with E-state index < -0.39 is 29.4 Å². The number of rotatable bonds is 8. The fraction of sp³-hybridized carbons (Fsp3) is 0.0455. The third kappa shape index (κ3) is 5.80. The molecule has 3 rings (SSSR count). The molecule has 0 fully saturated rings. The Labute approximate surface area is 191 Å². The van der Waals surface area contributed by atoms with Gasteiger partial charge in [-0.05, 0) is 24.3 Å². The summed E-state index contributed by atoms with van der Waals surface area (Å²) in [5.74, 6) is -2.04. The first-order valence-corrected chi connectivity index (χ1v) is 9.71. The molecular weight excluding hydrogens is 459 g/mol. The van der Waals surface area contributed by atoms with Crippen LogP contribution in [0.2, 0.25) is 5.02 Å². The van der Waals surface area contributed by atoms with Crippen LogP contribution in [0.15, 0.2) is 72.1 Å². The molecule has 0 bridgehead atoms. The van der Waals surface area contributed by atoms with Crippen molar-refractivity contribution in [1.29, 1.82) is 5.41 Å². The number of carbonyl (C=O) groups excluding carboxylic acids is 1. The molecule has 33 heavy (non-hydrogen) atoms. The summed E-state index contributed by atoms with van der Waals surface area (Å²) in [5, 5.41) is 12.2. The summed E-state index contributed by atoms with van der Waals surface area (Å²) in [6.07, 6.45) is -1.24. The number of allylic oxidation sites excluding steroid dienone is 1. The van der Waals surface area contributed by atoms with Gasteiger partial charge in [0.25, 0.3) is 12.3 Å². The zero-order valence-corrected chi connectivity index (χ0v) is 17.5. The van der Waals surface area contributed by atoms with Crippen molar-refractivity contribution in [2.45, 2.75) is 6.43 Å². The second-order valence-electron chi connectivity index (χ2n) is 6.47. The fourth-order valence-electron chi connectivity index (χ4n) is 2.68. The lowest BCUT2D eigenvalue weighted by molar-refractivity contribution is -0.112. The smallest absolute Gasteiger partial charge is 0.279 e. The number of benzene rings is 2. The number of amides is 1. The number of nitrogens with two attached hydrogens (primary N) is 1. The van der Waals surface area contributed by atoms with Crippen LogP contribution in [0.1, 0.15) is 0 Å². The van der Waals surface area contributed by atoms with Crippen molar-refractivity contribution < 1.29 is 22.7 Å². The van der Waals surface area contributed by atoms with Crippen LogP contribution in [0, 0.1) is 11.2 Å². The lowest BCUT2D eigenvalue weighted by atomic mass is 10.1. The van der Waals surface area contributed by atoms with Crippen LogP contribution in [-0.2, 0) is 4.79 Å². The van der Waals surface area contributed by atoms with E-state index >= 15 is 0 Å². The van der Waals surface area contributed by atoms with Crippen LogP contribution >= 0.6 is 11.6 Å². The van der Waals surface area contributed by atoms with E-state index in [1.807, 2.05) is 0 Å². The van der Waals surface area contributed by atoms with Gasteiger partial charge in [-0.3, -0.25) is 4.79 Å². The highest BCUT2D eigenvalue weighted by Gasteiger charge is 2.22. The number of halogens is 4. The van der Waals surface area contributed by atoms with E-state index in [0.717, 1.165) is 6.07 Å². The van der Waals surface area contributed by atoms with Gasteiger partial charge in [-0.15, -0.1) is 0 Å². The number of nitrogens with one attached hydrogen (secondary N) is 3. The second kappa shape index (κ2) is 10.5. The summed E-state index contributed by atoms with van der Waals surface area (Å²) in [7, 11) is 0. The summed E-state index contributed by atoms with van der Waals surface area (Å²) < 4.78 is 47.1. The van der Waals surface area contributed by atoms with Crippen molar-refractivity contribution in [2.75, 3.05) is 16.4 Å². The number of ether oxygens (including phenoxy) is 1. The molecule has 2 aromatic carbocycles. The number of carbonyl (C=O) groups is 1. The SMILES string of the molecule is N=C/C(C(=O)Nc1ccc(Oc2ccnc(N)c2Cl)c(F)c1)=C(\Nc1ccccc1)C(F)F. The van der Waals surface area contributed by atoms with Gasteiger partial charge in [-0.1, -0.05) is 29.8 Å². The van der Waals surface area contributed by atoms with Crippen LogP contribution in [0.4, 0.5) is 30.4 Å². The Hall–Kier alpha value is -4.05. The molecule has 0 unspecified atom stereocenters. The fourth-order valence-corrected chi connectivity index (χ4v) is 2.83. The van der Waals surface area contributed by atoms with Gasteiger partial charge in [0.1, 0.15) is 10.8 Å². The van der Waals surface area contributed by atoms with E-state index in [2.05, 4.69) is 15.6 Å². The highest BCUT2D eigenvalue weighted by molar-refractivity contribution is 6.34. The maximum atomic E-state index is 14.5. The second-order valence-corrected chi connectivity index (χ2v) is 6.85. The molecule has 3 aromatic rings. The molecule has 0 aliphatic rings. The summed E-state index contributed by atoms with van der Waals surface area (Å²) in [6.45, 7) is 0. The Balaban J connectivity index is 1.81. The highest BCUT2D eigenvalue weighted by Crippen LogP contribution is 2.34. The molecule has 0 atom stereocenters. The molecule has 1 amide bonds. The quantitative estimate of drug-likeness (QED) is 0.255. The van der Waals surface area contributed by atoms with Crippen molar-refractivity contribution in [2.24, 2.45) is 0 Å². The van der Waals surface area contributed by atoms with E-state index in [0.29, 0.717) is 11.9 Å². The van der Waals surface area contributed by atoms with E-state index in [1.165, 1.54) is 36.5 Å². The summed E-state index contributed by atoms with van der Waals surface area (Å²) in [6, 6.07) is 12.8. The topological polar surface area (TPSA) is 113 Å². The minimum atomic E-state index is -3.07. The van der Waals surface area contributed by atoms with E-state index in [-0.39, 0.29) is 28.0 Å². The van der Waals surface area contributed by atoms with Crippen molar-refractivity contribution in [3.63, 3.8) is 0 Å². The van der Waals surface area contributed by atoms with Gasteiger partial charge >= 0.3 is 0 Å². The normalized spacial score (nSPS) is 11.5. The molecule has 7 nitrogen and oxygen atoms in total. The van der Waals surface area contributed by atoms with Gasteiger partial charge in [0.05, 0.1) is 11.3 Å². The number of anilines is 3. The average molecular weight is 476 g/mol. The van der Waals surface area contributed by atoms with Crippen LogP contribution in [0.3, 0.4) is 0 Å². The predicted molar refractivity (Wildman–Crippen MR) is 121 cm³/mol. The molecule has 170 valence electrons. The number of aromatic nitrogens is 1. The zero-order chi connectivity index (χ0) is 24.0. The van der Waals surface area contributed by atoms with Crippen LogP contribution in [0.25, 0.3) is 0 Å². The standard InChI is InChI=1S/C22H17ClF3N5O2/c23-18-17(8-9-29-21(18)28)33-16-7-6-13(10-15(16)24)31-22(32)14(11-27)19(20(25)26)30-12-4-2-1-3-5-12/h1-11,20,27,30H,(H2,28,29)(H,31,32)/b19-14+,27-11?. The lowest BCUT2D eigenvalue weighted by Crippen LogP contribution is -2.22. The van der Waals surface area contributed by atoms with Gasteiger partial charge in [-0.2, -0.15) is 0 Å². The Morgan fingerprint density at radius 2 is 1.82 bits per heavy atom. The number of hydrogen-bond acceptors (Lipinski definition) is 6. The molecule has 1 heterocycles. The number of nitrogens with zero attached hydrogens (tertiary/aromatic N) is 1. The zero-order valence-electron chi connectivity index (χ0n) is 16.8. The number of pyridine rings is 1. The van der Waals surface area contributed by atoms with Gasteiger partial charge in [0.2, 0.25) is 0 Å². The minimum Gasteiger partial charge on any atom is -0.453 e. The lowest BCUT2D eigenvalue weighted by Gasteiger charge is -2.15. The number of hydrogen-bond donors (Lipinski definition) is 4. The number of para-hydroxylation sites is 1. The monoisotopic (exact) mass is 475 g/mol. The summed E-state index contributed by atoms with van der Waals surface area (Å²) in [4.78, 5) is 16.3. The van der Waals surface area contributed by atoms with Crippen LogP contribution in [-0.4, -0.2) is 23.5 Å². The Kier molecular flexibility index (Phi) is 7.52. The Morgan fingerprint density at radius 3 is 2.45 bits per heavy atom. The largest absolute Gasteiger partial charge is 0.453 e. The highest BCUT2D eigenvalue weighted by atomic mass is 35.5. The first-order valence-electron chi connectivity index (χ1n) is 9.33. The molecular formula is C22H17ClF3N5O2. The number of alkyl halides is 2. The maximum absolute atomic E-state index is 14.5. The van der Waals surface area contributed by atoms with Crippen molar-refractivity contribution >= 4 is 40.9 Å². The first-order chi connectivity index (χ1) is 15.8. The average Bonchev–Trinajstić information content (AvgIpc) is 2.79. The van der Waals surface area contributed by atoms with Crippen molar-refractivity contribution in [3.05, 3.63) is 82.9 Å². The molecule has 0 saturated carbocycles. The van der Waals surface area contributed by atoms with Crippen molar-refractivity contribution in [1.82, 2.24) is 4.98 Å². The maximum Gasteiger partial charge on any atom is 0.279 e. The molecule has 1 aromatic heterocycles. The van der Waals surface area contributed by atoms with Gasteiger partial charge in [0.15, 0.2) is 17.3 Å². The Bertz CT molecular complexity index is 1210. The summed E-state index contributed by atoms with van der Waals surface area (Å²) in [5.41, 5.74) is 4.46. The molecule has 0 spiro atoms. The van der Waals surface area contributed by atoms with Crippen LogP contribution in [0.5, 0.6) is 11.5 Å². The summed E-state index contributed by atoms with van der Waals surface area (Å²) >= 11 is 5.97.